The van der Waals surface area contributed by atoms with Gasteiger partial charge >= 0.3 is 0 Å². The molecule has 3 N–H and O–H groups in total. The Kier molecular flexibility index (Phi) is 7.35. The molecule has 1 aliphatic heterocycles. The fourth-order valence-electron chi connectivity index (χ4n) is 5.29. The summed E-state index contributed by atoms with van der Waals surface area (Å²) in [6, 6.07) is 21.1. The zero-order valence-corrected chi connectivity index (χ0v) is 24.0. The molecule has 1 aliphatic rings. The number of anilines is 4. The Balaban J connectivity index is 1.13. The number of imidazole rings is 1. The maximum Gasteiger partial charge on any atom is 0.255 e. The number of carbonyl (C=O) groups excluding carboxylic acids is 1. The number of nitrogens with one attached hydrogen (secondary N) is 3. The Morgan fingerprint density at radius 3 is 2.61 bits per heavy atom. The van der Waals surface area contributed by atoms with Crippen molar-refractivity contribution in [2.75, 3.05) is 48.9 Å². The highest BCUT2D eigenvalue weighted by molar-refractivity contribution is 6.05. The Morgan fingerprint density at radius 2 is 1.82 bits per heavy atom. The maximum absolute atomic E-state index is 13.2. The first-order valence-corrected chi connectivity index (χ1v) is 14.3. The van der Waals surface area contributed by atoms with E-state index in [4.69, 9.17) is 14.5 Å². The number of benzene rings is 3. The van der Waals surface area contributed by atoms with Crippen LogP contribution in [0, 0.1) is 0 Å². The van der Waals surface area contributed by atoms with Gasteiger partial charge in [0.2, 0.25) is 0 Å². The molecule has 220 valence electrons. The van der Waals surface area contributed by atoms with E-state index >= 15 is 0 Å². The summed E-state index contributed by atoms with van der Waals surface area (Å²) in [6.07, 6.45) is 9.09. The molecule has 0 spiro atoms. The van der Waals surface area contributed by atoms with E-state index in [0.717, 1.165) is 46.9 Å². The summed E-state index contributed by atoms with van der Waals surface area (Å²) in [5.41, 5.74) is 7.22. The standard InChI is InChI=1S/C33H30N8O3/c1-43-30-18-27(9-10-29(30)40-13-15-44-16-14-40)37-31-32-34-11-12-41(32)21-28(39-31)23-3-2-4-24(17-23)33(42)38-26-7-5-22(6-8-26)25-19-35-36-20-25/h2-12,17-21H,13-16H2,1H3,(H,35,36)(H,37,39)(H,38,42). The van der Waals surface area contributed by atoms with Crippen molar-refractivity contribution in [3.63, 3.8) is 0 Å². The fourth-order valence-corrected chi connectivity index (χ4v) is 5.29. The van der Waals surface area contributed by atoms with Gasteiger partial charge in [-0.05, 0) is 42.0 Å². The average molecular weight is 587 g/mol. The van der Waals surface area contributed by atoms with Crippen LogP contribution < -0.4 is 20.3 Å². The van der Waals surface area contributed by atoms with E-state index < -0.39 is 0 Å². The fraction of sp³-hybridized carbons (Fsp3) is 0.152. The summed E-state index contributed by atoms with van der Waals surface area (Å²) >= 11 is 0. The highest BCUT2D eigenvalue weighted by Gasteiger charge is 2.17. The van der Waals surface area contributed by atoms with Crippen LogP contribution in [0.2, 0.25) is 0 Å². The predicted octanol–water partition coefficient (Wildman–Crippen LogP) is 5.63. The number of amides is 1. The van der Waals surface area contributed by atoms with E-state index in [1.807, 2.05) is 83.7 Å². The van der Waals surface area contributed by atoms with Gasteiger partial charge < -0.3 is 29.4 Å². The Bertz CT molecular complexity index is 1910. The lowest BCUT2D eigenvalue weighted by Gasteiger charge is -2.30. The molecule has 0 saturated carbocycles. The van der Waals surface area contributed by atoms with Crippen LogP contribution in [0.3, 0.4) is 0 Å². The third-order valence-electron chi connectivity index (χ3n) is 7.56. The molecule has 11 heteroatoms. The molecule has 4 heterocycles. The monoisotopic (exact) mass is 586 g/mol. The number of hydrogen-bond donors (Lipinski definition) is 3. The number of nitrogens with zero attached hydrogens (tertiary/aromatic N) is 5. The SMILES string of the molecule is COc1cc(Nc2nc(-c3cccc(C(=O)Nc4ccc(-c5cn[nH]c5)cc4)c3)cn3ccnc23)ccc1N1CCOCC1. The molecular formula is C33H30N8O3. The van der Waals surface area contributed by atoms with Crippen molar-refractivity contribution in [2.45, 2.75) is 0 Å². The molecule has 0 bridgehead atoms. The number of hydrogen-bond acceptors (Lipinski definition) is 8. The number of carbonyl (C=O) groups is 1. The Hall–Kier alpha value is -5.68. The second-order valence-electron chi connectivity index (χ2n) is 10.3. The van der Waals surface area contributed by atoms with Gasteiger partial charge in [-0.3, -0.25) is 9.89 Å². The van der Waals surface area contributed by atoms with Gasteiger partial charge in [0.25, 0.3) is 5.91 Å². The van der Waals surface area contributed by atoms with Gasteiger partial charge in [0, 0.05) is 72.0 Å². The zero-order valence-electron chi connectivity index (χ0n) is 24.0. The molecule has 3 aromatic heterocycles. The lowest BCUT2D eigenvalue weighted by Crippen LogP contribution is -2.36. The first kappa shape index (κ1) is 27.2. The summed E-state index contributed by atoms with van der Waals surface area (Å²) in [5, 5.41) is 13.2. The van der Waals surface area contributed by atoms with Gasteiger partial charge in [-0.15, -0.1) is 0 Å². The summed E-state index contributed by atoms with van der Waals surface area (Å²) in [5.74, 6) is 1.14. The second-order valence-corrected chi connectivity index (χ2v) is 10.3. The van der Waals surface area contributed by atoms with Crippen molar-refractivity contribution in [1.82, 2.24) is 24.6 Å². The normalized spacial score (nSPS) is 13.2. The molecule has 1 fully saturated rings. The number of ether oxygens (including phenoxy) is 2. The molecule has 11 nitrogen and oxygen atoms in total. The Morgan fingerprint density at radius 1 is 0.977 bits per heavy atom. The maximum atomic E-state index is 13.2. The van der Waals surface area contributed by atoms with Crippen LogP contribution in [0.15, 0.2) is 97.7 Å². The smallest absolute Gasteiger partial charge is 0.255 e. The minimum absolute atomic E-state index is 0.211. The average Bonchev–Trinajstić information content (AvgIpc) is 3.79. The van der Waals surface area contributed by atoms with Crippen molar-refractivity contribution in [3.05, 3.63) is 103 Å². The van der Waals surface area contributed by atoms with Crippen molar-refractivity contribution < 1.29 is 14.3 Å². The zero-order chi connectivity index (χ0) is 29.9. The van der Waals surface area contributed by atoms with Crippen molar-refractivity contribution in [2.24, 2.45) is 0 Å². The van der Waals surface area contributed by atoms with Crippen LogP contribution in [0.4, 0.5) is 22.9 Å². The summed E-state index contributed by atoms with van der Waals surface area (Å²) < 4.78 is 13.2. The molecule has 1 saturated heterocycles. The van der Waals surface area contributed by atoms with Crippen LogP contribution in [0.1, 0.15) is 10.4 Å². The first-order chi connectivity index (χ1) is 21.6. The van der Waals surface area contributed by atoms with E-state index in [-0.39, 0.29) is 5.91 Å². The first-order valence-electron chi connectivity index (χ1n) is 14.3. The van der Waals surface area contributed by atoms with Gasteiger partial charge in [0.05, 0.1) is 37.9 Å². The predicted molar refractivity (Wildman–Crippen MR) is 170 cm³/mol. The highest BCUT2D eigenvalue weighted by Crippen LogP contribution is 2.34. The largest absolute Gasteiger partial charge is 0.495 e. The topological polar surface area (TPSA) is 122 Å². The van der Waals surface area contributed by atoms with Gasteiger partial charge in [0.1, 0.15) is 5.75 Å². The van der Waals surface area contributed by atoms with E-state index in [1.54, 1.807) is 25.6 Å². The number of morpholine rings is 1. The number of rotatable bonds is 8. The van der Waals surface area contributed by atoms with Crippen LogP contribution in [-0.4, -0.2) is 63.9 Å². The van der Waals surface area contributed by atoms with Crippen molar-refractivity contribution >= 4 is 34.4 Å². The minimum Gasteiger partial charge on any atom is -0.495 e. The summed E-state index contributed by atoms with van der Waals surface area (Å²) in [6.45, 7) is 3.02. The lowest BCUT2D eigenvalue weighted by atomic mass is 10.1. The van der Waals surface area contributed by atoms with Crippen LogP contribution >= 0.6 is 0 Å². The molecule has 44 heavy (non-hydrogen) atoms. The van der Waals surface area contributed by atoms with Crippen LogP contribution in [0.25, 0.3) is 28.0 Å². The van der Waals surface area contributed by atoms with Gasteiger partial charge in [-0.25, -0.2) is 9.97 Å². The van der Waals surface area contributed by atoms with Crippen LogP contribution in [0.5, 0.6) is 5.75 Å². The molecule has 6 aromatic rings. The second kappa shape index (κ2) is 11.9. The molecule has 7 rings (SSSR count). The molecule has 0 atom stereocenters. The quantitative estimate of drug-likeness (QED) is 0.210. The minimum atomic E-state index is -0.211. The third-order valence-corrected chi connectivity index (χ3v) is 7.56. The number of fused-ring (bicyclic) bond motifs is 1. The Labute approximate surface area is 253 Å². The molecule has 0 unspecified atom stereocenters. The molecular weight excluding hydrogens is 556 g/mol. The van der Waals surface area contributed by atoms with Crippen LogP contribution in [-0.2, 0) is 4.74 Å². The molecule has 0 aliphatic carbocycles. The van der Waals surface area contributed by atoms with E-state index in [1.165, 1.54) is 0 Å². The van der Waals surface area contributed by atoms with Gasteiger partial charge in [0.15, 0.2) is 11.5 Å². The van der Waals surface area contributed by atoms with Crippen molar-refractivity contribution in [3.8, 4) is 28.1 Å². The highest BCUT2D eigenvalue weighted by atomic mass is 16.5. The molecule has 1 amide bonds. The molecule has 0 radical (unpaired) electrons. The number of methoxy groups -OCH3 is 1. The van der Waals surface area contributed by atoms with Gasteiger partial charge in [-0.1, -0.05) is 24.3 Å². The van der Waals surface area contributed by atoms with E-state index in [2.05, 4.69) is 30.7 Å². The van der Waals surface area contributed by atoms with E-state index in [0.29, 0.717) is 41.6 Å². The summed E-state index contributed by atoms with van der Waals surface area (Å²) in [4.78, 5) is 24.9. The molecule has 3 aromatic carbocycles. The number of H-pyrrole nitrogens is 1. The van der Waals surface area contributed by atoms with E-state index in [9.17, 15) is 4.79 Å². The summed E-state index contributed by atoms with van der Waals surface area (Å²) in [7, 11) is 1.67. The lowest BCUT2D eigenvalue weighted by molar-refractivity contribution is 0.102. The van der Waals surface area contributed by atoms with Gasteiger partial charge in [-0.2, -0.15) is 5.10 Å². The number of aromatic nitrogens is 5. The number of aromatic amines is 1. The van der Waals surface area contributed by atoms with Crippen molar-refractivity contribution in [1.29, 1.82) is 0 Å². The third kappa shape index (κ3) is 5.55.